The summed E-state index contributed by atoms with van der Waals surface area (Å²) in [6, 6.07) is 12.7. The van der Waals surface area contributed by atoms with E-state index in [9.17, 15) is 14.7 Å². The Morgan fingerprint density at radius 2 is 1.47 bits per heavy atom. The van der Waals surface area contributed by atoms with Gasteiger partial charge in [0.15, 0.2) is 19.8 Å². The van der Waals surface area contributed by atoms with Crippen LogP contribution in [0.5, 0.6) is 17.2 Å². The van der Waals surface area contributed by atoms with Crippen molar-refractivity contribution in [2.45, 2.75) is 96.7 Å². The molecule has 2 aromatic carbocycles. The van der Waals surface area contributed by atoms with Crippen molar-refractivity contribution in [3.8, 4) is 17.2 Å². The van der Waals surface area contributed by atoms with Gasteiger partial charge in [0.2, 0.25) is 5.75 Å². The van der Waals surface area contributed by atoms with Crippen molar-refractivity contribution in [3.05, 3.63) is 53.6 Å². The number of carboxylic acids is 1. The molecule has 2 N–H and O–H groups in total. The van der Waals surface area contributed by atoms with E-state index in [1.807, 2.05) is 30.3 Å². The van der Waals surface area contributed by atoms with Crippen LogP contribution in [-0.4, -0.2) is 64.6 Å². The third-order valence-electron chi connectivity index (χ3n) is 7.82. The van der Waals surface area contributed by atoms with Gasteiger partial charge in [0, 0.05) is 0 Å². The second-order valence-corrected chi connectivity index (χ2v) is 18.1. The molecule has 43 heavy (non-hydrogen) atoms. The number of rotatable bonds is 14. The molecular formula is C33H51NO8Si. The number of ether oxygens (including phenoxy) is 4. The summed E-state index contributed by atoms with van der Waals surface area (Å²) in [5, 5.41) is 13.4. The highest BCUT2D eigenvalue weighted by molar-refractivity contribution is 6.74. The lowest BCUT2D eigenvalue weighted by molar-refractivity contribution is -0.142. The van der Waals surface area contributed by atoms with Crippen molar-refractivity contribution < 1.29 is 38.1 Å². The van der Waals surface area contributed by atoms with Crippen molar-refractivity contribution in [3.63, 3.8) is 0 Å². The maximum absolute atomic E-state index is 13.1. The maximum atomic E-state index is 13.1. The average molecular weight is 618 g/mol. The lowest BCUT2D eigenvalue weighted by Crippen LogP contribution is -2.54. The number of alkyl carbamates (subject to hydrolysis) is 1. The Labute approximate surface area is 258 Å². The molecule has 0 aromatic heterocycles. The Kier molecular flexibility index (Phi) is 12.5. The first-order chi connectivity index (χ1) is 19.9. The van der Waals surface area contributed by atoms with E-state index >= 15 is 0 Å². The Bertz CT molecular complexity index is 1200. The van der Waals surface area contributed by atoms with E-state index in [2.05, 4.69) is 39.2 Å². The second-order valence-electron chi connectivity index (χ2n) is 13.3. The van der Waals surface area contributed by atoms with Gasteiger partial charge in [-0.3, -0.25) is 4.79 Å². The zero-order valence-electron chi connectivity index (χ0n) is 27.7. The molecule has 0 radical (unpaired) electrons. The van der Waals surface area contributed by atoms with Gasteiger partial charge in [0.25, 0.3) is 0 Å². The number of benzene rings is 2. The fourth-order valence-electron chi connectivity index (χ4n) is 4.59. The van der Waals surface area contributed by atoms with Crippen LogP contribution in [0.1, 0.15) is 59.1 Å². The first-order valence-electron chi connectivity index (χ1n) is 14.6. The smallest absolute Gasteiger partial charge is 0.407 e. The fraction of sp³-hybridized carbons (Fsp3) is 0.576. The summed E-state index contributed by atoms with van der Waals surface area (Å²) >= 11 is 0. The van der Waals surface area contributed by atoms with E-state index in [1.165, 1.54) is 21.3 Å². The highest BCUT2D eigenvalue weighted by Crippen LogP contribution is 2.42. The summed E-state index contributed by atoms with van der Waals surface area (Å²) in [6.07, 6.45) is -0.467. The van der Waals surface area contributed by atoms with E-state index in [4.69, 9.17) is 23.4 Å². The number of carboxylic acid groups (broad SMARTS) is 1. The van der Waals surface area contributed by atoms with Crippen LogP contribution in [-0.2, 0) is 26.8 Å². The number of hydrogen-bond acceptors (Lipinski definition) is 7. The molecule has 1 amide bonds. The van der Waals surface area contributed by atoms with Gasteiger partial charge in [-0.2, -0.15) is 0 Å². The molecule has 0 spiro atoms. The van der Waals surface area contributed by atoms with E-state index in [0.717, 1.165) is 5.56 Å². The van der Waals surface area contributed by atoms with Crippen LogP contribution in [0.25, 0.3) is 0 Å². The van der Waals surface area contributed by atoms with Crippen molar-refractivity contribution >= 4 is 20.4 Å². The lowest BCUT2D eigenvalue weighted by Gasteiger charge is -2.42. The number of carbonyl (C=O) groups is 2. The van der Waals surface area contributed by atoms with Gasteiger partial charge in [-0.15, -0.1) is 0 Å². The number of hydrogen-bond donors (Lipinski definition) is 2. The molecule has 3 unspecified atom stereocenters. The van der Waals surface area contributed by atoms with Crippen LogP contribution in [0.15, 0.2) is 42.5 Å². The monoisotopic (exact) mass is 617 g/mol. The van der Waals surface area contributed by atoms with Crippen molar-refractivity contribution in [1.29, 1.82) is 0 Å². The fourth-order valence-corrected chi connectivity index (χ4v) is 5.96. The highest BCUT2D eigenvalue weighted by atomic mass is 28.4. The molecule has 0 saturated carbocycles. The summed E-state index contributed by atoms with van der Waals surface area (Å²) in [5.41, 5.74) is 0.948. The van der Waals surface area contributed by atoms with Gasteiger partial charge in [0.05, 0.1) is 39.4 Å². The summed E-state index contributed by atoms with van der Waals surface area (Å²) in [6.45, 7) is 16.1. The number of nitrogens with one attached hydrogen (secondary N) is 1. The van der Waals surface area contributed by atoms with Gasteiger partial charge in [0.1, 0.15) is 5.60 Å². The standard InChI is InChI=1S/C33H51NO8Si/c1-32(2,3)41-31(37)34-25(19-22-15-13-12-14-16-22)27(42-43(10,11)33(4,5)6)21-24(30(35)36)20-23-17-18-26(38-7)29(40-9)28(23)39-8/h12-18,24-25,27H,19-21H2,1-11H3,(H,34,37)(H,35,36). The minimum Gasteiger partial charge on any atom is -0.493 e. The minimum atomic E-state index is -2.43. The lowest BCUT2D eigenvalue weighted by atomic mass is 9.89. The maximum Gasteiger partial charge on any atom is 0.407 e. The summed E-state index contributed by atoms with van der Waals surface area (Å²) in [7, 11) is 2.13. The van der Waals surface area contributed by atoms with Crippen LogP contribution < -0.4 is 19.5 Å². The average Bonchev–Trinajstić information content (AvgIpc) is 2.90. The quantitative estimate of drug-likeness (QED) is 0.221. The zero-order chi connectivity index (χ0) is 32.6. The number of carbonyl (C=O) groups excluding carboxylic acids is 1. The molecule has 0 bridgehead atoms. The molecular weight excluding hydrogens is 566 g/mol. The van der Waals surface area contributed by atoms with E-state index in [0.29, 0.717) is 29.2 Å². The van der Waals surface area contributed by atoms with E-state index < -0.39 is 44.0 Å². The molecule has 0 aliphatic heterocycles. The molecule has 2 aromatic rings. The summed E-state index contributed by atoms with van der Waals surface area (Å²) in [4.78, 5) is 25.9. The topological polar surface area (TPSA) is 113 Å². The minimum absolute atomic E-state index is 0.145. The van der Waals surface area contributed by atoms with Crippen LogP contribution in [0, 0.1) is 5.92 Å². The van der Waals surface area contributed by atoms with Crippen LogP contribution in [0.4, 0.5) is 4.79 Å². The Morgan fingerprint density at radius 1 is 0.860 bits per heavy atom. The normalized spacial score (nSPS) is 14.3. The van der Waals surface area contributed by atoms with E-state index in [1.54, 1.807) is 32.9 Å². The molecule has 0 fully saturated rings. The van der Waals surface area contributed by atoms with Gasteiger partial charge >= 0.3 is 12.1 Å². The summed E-state index contributed by atoms with van der Waals surface area (Å²) < 4.78 is 29.2. The van der Waals surface area contributed by atoms with Gasteiger partial charge in [-0.05, 0) is 75.4 Å². The van der Waals surface area contributed by atoms with E-state index in [-0.39, 0.29) is 17.9 Å². The Balaban J connectivity index is 2.59. The Hall–Kier alpha value is -3.24. The zero-order valence-corrected chi connectivity index (χ0v) is 28.7. The molecule has 0 saturated heterocycles. The summed E-state index contributed by atoms with van der Waals surface area (Å²) in [5.74, 6) is -0.535. The molecule has 0 aliphatic rings. The van der Waals surface area contributed by atoms with Crippen molar-refractivity contribution in [1.82, 2.24) is 5.32 Å². The number of amides is 1. The van der Waals surface area contributed by atoms with Crippen molar-refractivity contribution in [2.75, 3.05) is 21.3 Å². The first kappa shape index (κ1) is 36.0. The molecule has 0 heterocycles. The van der Waals surface area contributed by atoms with Crippen molar-refractivity contribution in [2.24, 2.45) is 5.92 Å². The molecule has 0 aliphatic carbocycles. The highest BCUT2D eigenvalue weighted by Gasteiger charge is 2.42. The van der Waals surface area contributed by atoms with Crippen LogP contribution in [0.3, 0.4) is 0 Å². The predicted molar refractivity (Wildman–Crippen MR) is 171 cm³/mol. The first-order valence-corrected chi connectivity index (χ1v) is 17.5. The molecule has 10 heteroatoms. The second kappa shape index (κ2) is 15.0. The Morgan fingerprint density at radius 3 is 1.95 bits per heavy atom. The van der Waals surface area contributed by atoms with Crippen LogP contribution in [0.2, 0.25) is 18.1 Å². The third-order valence-corrected chi connectivity index (χ3v) is 12.3. The third kappa shape index (κ3) is 10.5. The van der Waals surface area contributed by atoms with Gasteiger partial charge in [-0.1, -0.05) is 57.2 Å². The van der Waals surface area contributed by atoms with Crippen LogP contribution >= 0.6 is 0 Å². The van der Waals surface area contributed by atoms with Gasteiger partial charge in [-0.25, -0.2) is 4.79 Å². The number of aliphatic carboxylic acids is 1. The SMILES string of the molecule is COc1ccc(CC(CC(O[Si](C)(C)C(C)(C)C)C(Cc2ccccc2)NC(=O)OC(C)(C)C)C(=O)O)c(OC)c1OC. The number of methoxy groups -OCH3 is 3. The predicted octanol–water partition coefficient (Wildman–Crippen LogP) is 6.87. The molecule has 240 valence electrons. The molecule has 9 nitrogen and oxygen atoms in total. The van der Waals surface area contributed by atoms with Gasteiger partial charge < -0.3 is 33.8 Å². The molecule has 3 atom stereocenters. The largest absolute Gasteiger partial charge is 0.493 e. The molecule has 2 rings (SSSR count).